The molecule has 2 amide bonds. The van der Waals surface area contributed by atoms with E-state index >= 15 is 0 Å². The highest BCUT2D eigenvalue weighted by Gasteiger charge is 2.30. The van der Waals surface area contributed by atoms with E-state index < -0.39 is 48.6 Å². The summed E-state index contributed by atoms with van der Waals surface area (Å²) in [6.07, 6.45) is -3.90. The number of carboxylic acids is 1. The number of ether oxygens (including phenoxy) is 1. The van der Waals surface area contributed by atoms with Gasteiger partial charge in [0.1, 0.15) is 17.8 Å². The second kappa shape index (κ2) is 9.69. The summed E-state index contributed by atoms with van der Waals surface area (Å²) in [5.74, 6) is -2.80. The Morgan fingerprint density at radius 2 is 1.69 bits per heavy atom. The molecule has 7 nitrogen and oxygen atoms in total. The van der Waals surface area contributed by atoms with E-state index in [2.05, 4.69) is 10.6 Å². The number of carbonyl (C=O) groups is 3. The Morgan fingerprint density at radius 1 is 1.12 bits per heavy atom. The van der Waals surface area contributed by atoms with E-state index in [1.807, 2.05) is 0 Å². The number of aliphatic carboxylic acids is 1. The van der Waals surface area contributed by atoms with Crippen molar-refractivity contribution in [3.63, 3.8) is 0 Å². The van der Waals surface area contributed by atoms with Gasteiger partial charge in [0.05, 0.1) is 7.11 Å². The molecule has 0 heterocycles. The molecule has 9 heteroatoms. The first-order chi connectivity index (χ1) is 12.1. The van der Waals surface area contributed by atoms with Gasteiger partial charge < -0.3 is 20.5 Å². The van der Waals surface area contributed by atoms with Crippen molar-refractivity contribution >= 4 is 17.8 Å². The van der Waals surface area contributed by atoms with Gasteiger partial charge in [0.25, 0.3) is 5.91 Å². The monoisotopic (exact) mass is 372 g/mol. The smallest absolute Gasteiger partial charge is 0.326 e. The lowest BCUT2D eigenvalue weighted by Crippen LogP contribution is -2.54. The van der Waals surface area contributed by atoms with Gasteiger partial charge in [-0.1, -0.05) is 13.8 Å². The highest BCUT2D eigenvalue weighted by atomic mass is 19.3. The molecular weight excluding hydrogens is 350 g/mol. The van der Waals surface area contributed by atoms with Crippen molar-refractivity contribution in [2.24, 2.45) is 5.92 Å². The lowest BCUT2D eigenvalue weighted by atomic mass is 10.0. The van der Waals surface area contributed by atoms with Crippen LogP contribution in [0.1, 0.15) is 30.6 Å². The molecule has 0 aromatic heterocycles. The van der Waals surface area contributed by atoms with Crippen LogP contribution in [0.3, 0.4) is 0 Å². The van der Waals surface area contributed by atoms with Crippen LogP contribution in [-0.2, 0) is 9.59 Å². The van der Waals surface area contributed by atoms with Crippen LogP contribution in [0.2, 0.25) is 0 Å². The molecular formula is C17H22F2N2O5. The number of alkyl halides is 2. The molecule has 0 aliphatic rings. The van der Waals surface area contributed by atoms with Crippen molar-refractivity contribution in [2.45, 2.75) is 38.8 Å². The number of nitrogens with one attached hydrogen (secondary N) is 2. The third-order valence-electron chi connectivity index (χ3n) is 3.62. The zero-order chi connectivity index (χ0) is 19.9. The van der Waals surface area contributed by atoms with Crippen LogP contribution in [-0.4, -0.2) is 48.5 Å². The third kappa shape index (κ3) is 6.30. The zero-order valence-corrected chi connectivity index (χ0v) is 14.7. The zero-order valence-electron chi connectivity index (χ0n) is 14.7. The van der Waals surface area contributed by atoms with Gasteiger partial charge in [-0.05, 0) is 30.2 Å². The van der Waals surface area contributed by atoms with E-state index in [1.54, 1.807) is 26.0 Å². The summed E-state index contributed by atoms with van der Waals surface area (Å²) in [5, 5.41) is 13.5. The van der Waals surface area contributed by atoms with E-state index in [9.17, 15) is 23.2 Å². The van der Waals surface area contributed by atoms with E-state index in [-0.39, 0.29) is 5.56 Å². The predicted molar refractivity (Wildman–Crippen MR) is 89.3 cm³/mol. The quantitative estimate of drug-likeness (QED) is 0.612. The van der Waals surface area contributed by atoms with Crippen LogP contribution in [0.4, 0.5) is 8.78 Å². The number of halogens is 2. The number of hydrogen-bond donors (Lipinski definition) is 3. The summed E-state index contributed by atoms with van der Waals surface area (Å²) in [7, 11) is 1.48. The Bertz CT molecular complexity index is 635. The third-order valence-corrected chi connectivity index (χ3v) is 3.62. The fourth-order valence-corrected chi connectivity index (χ4v) is 2.16. The summed E-state index contributed by atoms with van der Waals surface area (Å²) in [4.78, 5) is 35.6. The summed E-state index contributed by atoms with van der Waals surface area (Å²) in [5.41, 5.74) is 0.270. The second-order valence-corrected chi connectivity index (χ2v) is 5.95. The first kappa shape index (κ1) is 21.3. The summed E-state index contributed by atoms with van der Waals surface area (Å²) >= 11 is 0. The number of rotatable bonds is 9. The maximum atomic E-state index is 12.5. The van der Waals surface area contributed by atoms with Gasteiger partial charge in [-0.2, -0.15) is 0 Å². The molecule has 0 spiro atoms. The molecule has 0 aliphatic heterocycles. The summed E-state index contributed by atoms with van der Waals surface area (Å²) < 4.78 is 29.9. The van der Waals surface area contributed by atoms with E-state index in [4.69, 9.17) is 9.84 Å². The molecule has 144 valence electrons. The van der Waals surface area contributed by atoms with Crippen LogP contribution < -0.4 is 15.4 Å². The normalized spacial score (nSPS) is 13.2. The Kier molecular flexibility index (Phi) is 7.95. The molecule has 0 fully saturated rings. The van der Waals surface area contributed by atoms with E-state index in [0.29, 0.717) is 5.75 Å². The topological polar surface area (TPSA) is 105 Å². The maximum absolute atomic E-state index is 12.5. The van der Waals surface area contributed by atoms with Gasteiger partial charge in [-0.3, -0.25) is 9.59 Å². The molecule has 1 aromatic rings. The van der Waals surface area contributed by atoms with Gasteiger partial charge >= 0.3 is 5.97 Å². The van der Waals surface area contributed by atoms with Crippen molar-refractivity contribution in [2.75, 3.05) is 7.11 Å². The Morgan fingerprint density at radius 3 is 2.12 bits per heavy atom. The molecule has 2 atom stereocenters. The lowest BCUT2D eigenvalue weighted by molar-refractivity contribution is -0.143. The maximum Gasteiger partial charge on any atom is 0.326 e. The standard InChI is InChI=1S/C17H22F2N2O5/c1-9(2)14(16(23)20-12(17(24)25)8-13(18)19)21-15(22)10-4-6-11(26-3)7-5-10/h4-7,9,12-14H,8H2,1-3H3,(H,20,23)(H,21,22)(H,24,25). The highest BCUT2D eigenvalue weighted by Crippen LogP contribution is 2.12. The highest BCUT2D eigenvalue weighted by molar-refractivity contribution is 5.98. The second-order valence-electron chi connectivity index (χ2n) is 5.95. The molecule has 0 aliphatic carbocycles. The van der Waals surface area contributed by atoms with Crippen molar-refractivity contribution in [1.29, 1.82) is 0 Å². The lowest BCUT2D eigenvalue weighted by Gasteiger charge is -2.24. The minimum atomic E-state index is -2.89. The first-order valence-electron chi connectivity index (χ1n) is 7.92. The molecule has 0 radical (unpaired) electrons. The molecule has 0 saturated carbocycles. The number of amides is 2. The molecule has 0 saturated heterocycles. The molecule has 2 unspecified atom stereocenters. The van der Waals surface area contributed by atoms with Crippen LogP contribution in [0.15, 0.2) is 24.3 Å². The number of benzene rings is 1. The van der Waals surface area contributed by atoms with Crippen molar-refractivity contribution in [3.05, 3.63) is 29.8 Å². The van der Waals surface area contributed by atoms with Gasteiger partial charge in [0, 0.05) is 12.0 Å². The molecule has 1 aromatic carbocycles. The average Bonchev–Trinajstić information content (AvgIpc) is 2.57. The first-order valence-corrected chi connectivity index (χ1v) is 7.92. The van der Waals surface area contributed by atoms with Gasteiger partial charge in [-0.25, -0.2) is 13.6 Å². The van der Waals surface area contributed by atoms with Gasteiger partial charge in [0.2, 0.25) is 12.3 Å². The number of hydrogen-bond acceptors (Lipinski definition) is 4. The van der Waals surface area contributed by atoms with E-state index in [1.165, 1.54) is 19.2 Å². The van der Waals surface area contributed by atoms with Crippen molar-refractivity contribution in [1.82, 2.24) is 10.6 Å². The molecule has 26 heavy (non-hydrogen) atoms. The Balaban J connectivity index is 2.84. The average molecular weight is 372 g/mol. The molecule has 3 N–H and O–H groups in total. The minimum absolute atomic E-state index is 0.270. The fraction of sp³-hybridized carbons (Fsp3) is 0.471. The fourth-order valence-electron chi connectivity index (χ4n) is 2.16. The van der Waals surface area contributed by atoms with Crippen molar-refractivity contribution in [3.8, 4) is 5.75 Å². The number of carboxylic acid groups (broad SMARTS) is 1. The number of methoxy groups -OCH3 is 1. The van der Waals surface area contributed by atoms with Crippen LogP contribution >= 0.6 is 0 Å². The molecule has 0 bridgehead atoms. The van der Waals surface area contributed by atoms with Crippen LogP contribution in [0.25, 0.3) is 0 Å². The Labute approximate surface area is 149 Å². The summed E-state index contributed by atoms with van der Waals surface area (Å²) in [6.45, 7) is 3.28. The van der Waals surface area contributed by atoms with E-state index in [0.717, 1.165) is 0 Å². The largest absolute Gasteiger partial charge is 0.497 e. The van der Waals surface area contributed by atoms with Gasteiger partial charge in [-0.15, -0.1) is 0 Å². The van der Waals surface area contributed by atoms with Crippen molar-refractivity contribution < 1.29 is 33.0 Å². The predicted octanol–water partition coefficient (Wildman–Crippen LogP) is 1.67. The minimum Gasteiger partial charge on any atom is -0.497 e. The number of carbonyl (C=O) groups excluding carboxylic acids is 2. The van der Waals surface area contributed by atoms with Crippen LogP contribution in [0, 0.1) is 5.92 Å². The van der Waals surface area contributed by atoms with Crippen LogP contribution in [0.5, 0.6) is 5.75 Å². The van der Waals surface area contributed by atoms with Gasteiger partial charge in [0.15, 0.2) is 0 Å². The Hall–Kier alpha value is -2.71. The summed E-state index contributed by atoms with van der Waals surface area (Å²) in [6, 6.07) is 3.33. The molecule has 1 rings (SSSR count). The SMILES string of the molecule is COc1ccc(C(=O)NC(C(=O)NC(CC(F)F)C(=O)O)C(C)C)cc1.